The highest BCUT2D eigenvalue weighted by Crippen LogP contribution is 2.32. The zero-order chi connectivity index (χ0) is 13.2. The number of benzene rings is 1. The molecule has 1 saturated heterocycles. The van der Waals surface area contributed by atoms with E-state index in [9.17, 15) is 5.11 Å². The molecule has 1 atom stereocenters. The summed E-state index contributed by atoms with van der Waals surface area (Å²) in [7, 11) is 0. The number of hydrogen-bond acceptors (Lipinski definition) is 3. The molecule has 0 saturated carbocycles. The fourth-order valence-electron chi connectivity index (χ4n) is 1.96. The average molecular weight is 287 g/mol. The predicted molar refractivity (Wildman–Crippen MR) is 77.7 cm³/mol. The molecule has 18 heavy (non-hydrogen) atoms. The third kappa shape index (κ3) is 3.56. The molecule has 0 spiro atoms. The third-order valence-electron chi connectivity index (χ3n) is 3.05. The summed E-state index contributed by atoms with van der Waals surface area (Å²) in [6.45, 7) is 3.49. The minimum Gasteiger partial charge on any atom is -0.488 e. The molecule has 0 aliphatic carbocycles. The topological polar surface area (TPSA) is 29.5 Å². The molecule has 0 radical (unpaired) electrons. The summed E-state index contributed by atoms with van der Waals surface area (Å²) >= 11 is 8.14. The Kier molecular flexibility index (Phi) is 4.46. The summed E-state index contributed by atoms with van der Waals surface area (Å²) in [6.07, 6.45) is 2.56. The van der Waals surface area contributed by atoms with Crippen molar-refractivity contribution in [3.05, 3.63) is 28.8 Å². The van der Waals surface area contributed by atoms with Crippen molar-refractivity contribution in [2.24, 2.45) is 0 Å². The van der Waals surface area contributed by atoms with Crippen LogP contribution in [0.3, 0.4) is 0 Å². The van der Waals surface area contributed by atoms with Crippen LogP contribution in [0.1, 0.15) is 32.3 Å². The van der Waals surface area contributed by atoms with Crippen molar-refractivity contribution in [3.8, 4) is 5.75 Å². The second-order valence-electron chi connectivity index (χ2n) is 5.16. The molecule has 2 nitrogen and oxygen atoms in total. The van der Waals surface area contributed by atoms with Crippen LogP contribution in [0.5, 0.6) is 5.75 Å². The first kappa shape index (κ1) is 14.0. The van der Waals surface area contributed by atoms with Gasteiger partial charge in [0.1, 0.15) is 11.9 Å². The van der Waals surface area contributed by atoms with E-state index in [2.05, 4.69) is 0 Å². The molecule has 1 N–H and O–H groups in total. The Bertz CT molecular complexity index is 409. The standard InChI is InChI=1S/C14H19ClO2S/c1-14(2,16)10-5-6-13(12(15)8-10)17-11-4-3-7-18-9-11/h5-6,8,11,16H,3-4,7,9H2,1-2H3. The van der Waals surface area contributed by atoms with Crippen LogP contribution in [0.4, 0.5) is 0 Å². The average Bonchev–Trinajstić information content (AvgIpc) is 2.32. The Morgan fingerprint density at radius 2 is 2.22 bits per heavy atom. The molecule has 0 bridgehead atoms. The molecular formula is C14H19ClO2S. The number of aliphatic hydroxyl groups is 1. The fraction of sp³-hybridized carbons (Fsp3) is 0.571. The van der Waals surface area contributed by atoms with Gasteiger partial charge in [-0.05, 0) is 50.1 Å². The summed E-state index contributed by atoms with van der Waals surface area (Å²) in [4.78, 5) is 0. The Balaban J connectivity index is 2.09. The van der Waals surface area contributed by atoms with Gasteiger partial charge in [0.2, 0.25) is 0 Å². The minimum absolute atomic E-state index is 0.259. The van der Waals surface area contributed by atoms with Gasteiger partial charge in [-0.25, -0.2) is 0 Å². The van der Waals surface area contributed by atoms with Gasteiger partial charge in [0.05, 0.1) is 10.6 Å². The van der Waals surface area contributed by atoms with Gasteiger partial charge >= 0.3 is 0 Å². The second kappa shape index (κ2) is 5.72. The lowest BCUT2D eigenvalue weighted by atomic mass is 9.98. The van der Waals surface area contributed by atoms with Gasteiger partial charge in [0.15, 0.2) is 0 Å². The smallest absolute Gasteiger partial charge is 0.138 e. The molecule has 1 aromatic rings. The zero-order valence-corrected chi connectivity index (χ0v) is 12.4. The first-order valence-electron chi connectivity index (χ1n) is 6.23. The van der Waals surface area contributed by atoms with E-state index in [1.54, 1.807) is 19.9 Å². The molecule has 100 valence electrons. The molecule has 4 heteroatoms. The number of halogens is 1. The molecule has 1 aromatic carbocycles. The van der Waals surface area contributed by atoms with Gasteiger partial charge in [0.25, 0.3) is 0 Å². The lowest BCUT2D eigenvalue weighted by Crippen LogP contribution is -2.23. The van der Waals surface area contributed by atoms with Crippen molar-refractivity contribution in [1.82, 2.24) is 0 Å². The second-order valence-corrected chi connectivity index (χ2v) is 6.72. The number of hydrogen-bond donors (Lipinski definition) is 1. The fourth-order valence-corrected chi connectivity index (χ4v) is 3.22. The monoisotopic (exact) mass is 286 g/mol. The highest BCUT2D eigenvalue weighted by atomic mass is 35.5. The maximum atomic E-state index is 9.92. The van der Waals surface area contributed by atoms with Crippen molar-refractivity contribution < 1.29 is 9.84 Å². The molecule has 1 aliphatic heterocycles. The summed E-state index contributed by atoms with van der Waals surface area (Å²) in [5, 5.41) is 10.5. The number of ether oxygens (including phenoxy) is 1. The lowest BCUT2D eigenvalue weighted by Gasteiger charge is -2.24. The highest BCUT2D eigenvalue weighted by molar-refractivity contribution is 7.99. The van der Waals surface area contributed by atoms with Crippen LogP contribution < -0.4 is 4.74 Å². The van der Waals surface area contributed by atoms with Gasteiger partial charge in [0, 0.05) is 5.75 Å². The summed E-state index contributed by atoms with van der Waals surface area (Å²) in [5.41, 5.74) is -0.0686. The molecule has 0 aromatic heterocycles. The van der Waals surface area contributed by atoms with E-state index in [1.807, 2.05) is 23.9 Å². The van der Waals surface area contributed by atoms with Gasteiger partial charge in [-0.3, -0.25) is 0 Å². The first-order chi connectivity index (χ1) is 8.47. The Morgan fingerprint density at radius 3 is 2.78 bits per heavy atom. The molecule has 1 aliphatic rings. The van der Waals surface area contributed by atoms with E-state index in [-0.39, 0.29) is 6.10 Å². The third-order valence-corrected chi connectivity index (χ3v) is 4.53. The van der Waals surface area contributed by atoms with Crippen LogP contribution in [0.2, 0.25) is 5.02 Å². The SMILES string of the molecule is CC(C)(O)c1ccc(OC2CCCSC2)c(Cl)c1. The van der Waals surface area contributed by atoms with Crippen LogP contribution in [-0.2, 0) is 5.60 Å². The zero-order valence-electron chi connectivity index (χ0n) is 10.8. The highest BCUT2D eigenvalue weighted by Gasteiger charge is 2.20. The molecule has 0 amide bonds. The van der Waals surface area contributed by atoms with Crippen molar-refractivity contribution in [2.45, 2.75) is 38.4 Å². The quantitative estimate of drug-likeness (QED) is 0.915. The van der Waals surface area contributed by atoms with Crippen LogP contribution in [0, 0.1) is 0 Å². The minimum atomic E-state index is -0.872. The predicted octanol–water partition coefficient (Wildman–Crippen LogP) is 3.84. The Morgan fingerprint density at radius 1 is 1.44 bits per heavy atom. The molecule has 1 heterocycles. The molecule has 1 fully saturated rings. The summed E-state index contributed by atoms with van der Waals surface area (Å²) in [6, 6.07) is 5.51. The van der Waals surface area contributed by atoms with Crippen LogP contribution in [0.25, 0.3) is 0 Å². The molecule has 1 unspecified atom stereocenters. The van der Waals surface area contributed by atoms with E-state index in [4.69, 9.17) is 16.3 Å². The number of thioether (sulfide) groups is 1. The maximum Gasteiger partial charge on any atom is 0.138 e. The van der Waals surface area contributed by atoms with Gasteiger partial charge in [-0.2, -0.15) is 11.8 Å². The summed E-state index contributed by atoms with van der Waals surface area (Å²) in [5.74, 6) is 2.98. The van der Waals surface area contributed by atoms with E-state index >= 15 is 0 Å². The van der Waals surface area contributed by atoms with Gasteiger partial charge in [-0.1, -0.05) is 17.7 Å². The molecule has 2 rings (SSSR count). The Labute approximate surface area is 118 Å². The lowest BCUT2D eigenvalue weighted by molar-refractivity contribution is 0.0785. The summed E-state index contributed by atoms with van der Waals surface area (Å²) < 4.78 is 5.92. The van der Waals surface area contributed by atoms with E-state index in [0.29, 0.717) is 5.02 Å². The van der Waals surface area contributed by atoms with E-state index in [1.165, 1.54) is 12.2 Å². The maximum absolute atomic E-state index is 9.92. The van der Waals surface area contributed by atoms with Crippen LogP contribution in [-0.4, -0.2) is 22.7 Å². The van der Waals surface area contributed by atoms with Gasteiger partial charge < -0.3 is 9.84 Å². The van der Waals surface area contributed by atoms with Gasteiger partial charge in [-0.15, -0.1) is 0 Å². The first-order valence-corrected chi connectivity index (χ1v) is 7.77. The van der Waals surface area contributed by atoms with Crippen LogP contribution >= 0.6 is 23.4 Å². The van der Waals surface area contributed by atoms with Crippen molar-refractivity contribution >= 4 is 23.4 Å². The largest absolute Gasteiger partial charge is 0.488 e. The van der Waals surface area contributed by atoms with Crippen molar-refractivity contribution in [2.75, 3.05) is 11.5 Å². The van der Waals surface area contributed by atoms with Crippen LogP contribution in [0.15, 0.2) is 18.2 Å². The Hall–Kier alpha value is -0.380. The van der Waals surface area contributed by atoms with E-state index in [0.717, 1.165) is 23.5 Å². The number of rotatable bonds is 3. The van der Waals surface area contributed by atoms with Crippen molar-refractivity contribution in [1.29, 1.82) is 0 Å². The van der Waals surface area contributed by atoms with E-state index < -0.39 is 5.60 Å². The van der Waals surface area contributed by atoms with Crippen molar-refractivity contribution in [3.63, 3.8) is 0 Å². The normalized spacial score (nSPS) is 20.8. The molecular weight excluding hydrogens is 268 g/mol.